The fraction of sp³-hybridized carbons (Fsp3) is 0.615. The minimum Gasteiger partial charge on any atom is -0.444 e. The third kappa shape index (κ3) is 4.05. The number of carbonyl (C=O) groups excluding carboxylic acids is 1. The third-order valence-corrected chi connectivity index (χ3v) is 3.04. The summed E-state index contributed by atoms with van der Waals surface area (Å²) >= 11 is 5.72. The smallest absolute Gasteiger partial charge is 0.410 e. The van der Waals surface area contributed by atoms with Crippen molar-refractivity contribution in [1.29, 1.82) is 0 Å². The van der Waals surface area contributed by atoms with Gasteiger partial charge in [-0.1, -0.05) is 11.6 Å². The lowest BCUT2D eigenvalue weighted by Gasteiger charge is -2.34. The summed E-state index contributed by atoms with van der Waals surface area (Å²) in [6.07, 6.45) is -0.300. The van der Waals surface area contributed by atoms with Crippen LogP contribution in [0.25, 0.3) is 0 Å². The van der Waals surface area contributed by atoms with E-state index in [0.29, 0.717) is 24.8 Å². The quantitative estimate of drug-likeness (QED) is 0.859. The van der Waals surface area contributed by atoms with Crippen molar-refractivity contribution >= 4 is 17.7 Å². The van der Waals surface area contributed by atoms with Crippen molar-refractivity contribution in [3.63, 3.8) is 0 Å². The summed E-state index contributed by atoms with van der Waals surface area (Å²) in [4.78, 5) is 13.7. The van der Waals surface area contributed by atoms with E-state index >= 15 is 0 Å². The van der Waals surface area contributed by atoms with Crippen molar-refractivity contribution in [3.8, 4) is 0 Å². The van der Waals surface area contributed by atoms with E-state index in [-0.39, 0.29) is 12.1 Å². The largest absolute Gasteiger partial charge is 0.444 e. The van der Waals surface area contributed by atoms with Crippen molar-refractivity contribution in [3.05, 3.63) is 23.0 Å². The van der Waals surface area contributed by atoms with E-state index in [1.165, 1.54) is 0 Å². The molecule has 6 nitrogen and oxygen atoms in total. The minimum atomic E-state index is -0.489. The first-order valence-corrected chi connectivity index (χ1v) is 6.93. The lowest BCUT2D eigenvalue weighted by Crippen LogP contribution is -2.49. The predicted octanol–water partition coefficient (Wildman–Crippen LogP) is 2.01. The van der Waals surface area contributed by atoms with E-state index < -0.39 is 5.60 Å². The van der Waals surface area contributed by atoms with Crippen LogP contribution in [-0.4, -0.2) is 46.4 Å². The van der Waals surface area contributed by atoms with Crippen molar-refractivity contribution in [2.75, 3.05) is 19.6 Å². The molecule has 2 heterocycles. The molecule has 0 aromatic carbocycles. The number of nitrogens with zero attached hydrogens (tertiary/aromatic N) is 3. The number of hydrogen-bond donors (Lipinski definition) is 1. The summed E-state index contributed by atoms with van der Waals surface area (Å²) in [7, 11) is 0. The normalized spacial score (nSPS) is 19.8. The maximum absolute atomic E-state index is 12.1. The second-order valence-electron chi connectivity index (χ2n) is 5.71. The number of ether oxygens (including phenoxy) is 1. The van der Waals surface area contributed by atoms with Gasteiger partial charge in [0, 0.05) is 19.6 Å². The lowest BCUT2D eigenvalue weighted by atomic mass is 10.1. The Balaban J connectivity index is 2.01. The van der Waals surface area contributed by atoms with Gasteiger partial charge < -0.3 is 15.0 Å². The van der Waals surface area contributed by atoms with E-state index in [9.17, 15) is 4.79 Å². The fourth-order valence-corrected chi connectivity index (χ4v) is 2.05. The van der Waals surface area contributed by atoms with Crippen LogP contribution in [0, 0.1) is 0 Å². The van der Waals surface area contributed by atoms with Crippen LogP contribution in [0.15, 0.2) is 12.1 Å². The number of nitrogens with one attached hydrogen (secondary N) is 1. The number of carbonyl (C=O) groups is 1. The van der Waals surface area contributed by atoms with E-state index in [1.807, 2.05) is 26.8 Å². The van der Waals surface area contributed by atoms with Gasteiger partial charge in [-0.05, 0) is 32.9 Å². The molecule has 20 heavy (non-hydrogen) atoms. The van der Waals surface area contributed by atoms with Crippen molar-refractivity contribution in [2.45, 2.75) is 32.4 Å². The van der Waals surface area contributed by atoms with E-state index in [1.54, 1.807) is 11.0 Å². The van der Waals surface area contributed by atoms with Crippen LogP contribution in [0.3, 0.4) is 0 Å². The molecule has 110 valence electrons. The molecule has 2 rings (SSSR count). The topological polar surface area (TPSA) is 67.3 Å². The fourth-order valence-electron chi connectivity index (χ4n) is 1.95. The van der Waals surface area contributed by atoms with Crippen LogP contribution >= 0.6 is 11.6 Å². The first-order chi connectivity index (χ1) is 9.35. The second kappa shape index (κ2) is 5.93. The van der Waals surface area contributed by atoms with Crippen molar-refractivity contribution in [2.24, 2.45) is 0 Å². The van der Waals surface area contributed by atoms with Gasteiger partial charge in [-0.3, -0.25) is 0 Å². The molecule has 1 fully saturated rings. The zero-order chi connectivity index (χ0) is 14.8. The molecule has 0 saturated carbocycles. The molecule has 1 aliphatic heterocycles. The number of piperazine rings is 1. The van der Waals surface area contributed by atoms with Crippen LogP contribution < -0.4 is 5.32 Å². The van der Waals surface area contributed by atoms with E-state index in [4.69, 9.17) is 16.3 Å². The Morgan fingerprint density at radius 2 is 2.20 bits per heavy atom. The number of rotatable bonds is 1. The Morgan fingerprint density at radius 1 is 1.45 bits per heavy atom. The maximum atomic E-state index is 12.1. The summed E-state index contributed by atoms with van der Waals surface area (Å²) in [6, 6.07) is 3.45. The average molecular weight is 299 g/mol. The molecule has 1 N–H and O–H groups in total. The van der Waals surface area contributed by atoms with Gasteiger partial charge in [-0.25, -0.2) is 4.79 Å². The molecule has 0 bridgehead atoms. The van der Waals surface area contributed by atoms with Crippen LogP contribution in [-0.2, 0) is 4.74 Å². The SMILES string of the molecule is CC(C)(C)OC(=O)N1CCNC(c2ccc(Cl)nn2)C1. The molecule has 0 spiro atoms. The van der Waals surface area contributed by atoms with Gasteiger partial charge in [-0.15, -0.1) is 5.10 Å². The second-order valence-corrected chi connectivity index (χ2v) is 6.10. The minimum absolute atomic E-state index is 0.0546. The van der Waals surface area contributed by atoms with E-state index in [2.05, 4.69) is 15.5 Å². The molecule has 1 aliphatic rings. The standard InChI is InChI=1S/C13H19ClN4O2/c1-13(2,3)20-12(19)18-7-6-15-10(8-18)9-4-5-11(14)17-16-9/h4-5,10,15H,6-8H2,1-3H3. The molecule has 0 aliphatic carbocycles. The Labute approximate surface area is 123 Å². The number of hydrogen-bond acceptors (Lipinski definition) is 5. The molecule has 1 aromatic heterocycles. The van der Waals surface area contributed by atoms with Crippen molar-refractivity contribution < 1.29 is 9.53 Å². The Hall–Kier alpha value is -1.40. The Bertz CT molecular complexity index is 472. The monoisotopic (exact) mass is 298 g/mol. The molecule has 1 saturated heterocycles. The first-order valence-electron chi connectivity index (χ1n) is 6.55. The molecule has 0 radical (unpaired) electrons. The zero-order valence-corrected chi connectivity index (χ0v) is 12.6. The number of halogens is 1. The van der Waals surface area contributed by atoms with Crippen molar-refractivity contribution in [1.82, 2.24) is 20.4 Å². The van der Waals surface area contributed by atoms with Crippen LogP contribution in [0.5, 0.6) is 0 Å². The summed E-state index contributed by atoms with van der Waals surface area (Å²) < 4.78 is 5.38. The zero-order valence-electron chi connectivity index (χ0n) is 11.9. The first kappa shape index (κ1) is 15.0. The van der Waals surface area contributed by atoms with Gasteiger partial charge in [0.05, 0.1) is 11.7 Å². The Morgan fingerprint density at radius 3 is 2.80 bits per heavy atom. The van der Waals surface area contributed by atoms with Gasteiger partial charge in [0.25, 0.3) is 0 Å². The summed E-state index contributed by atoms with van der Waals surface area (Å²) in [5.74, 6) is 0. The van der Waals surface area contributed by atoms with E-state index in [0.717, 1.165) is 5.69 Å². The average Bonchev–Trinajstić information content (AvgIpc) is 2.38. The highest BCUT2D eigenvalue weighted by Crippen LogP contribution is 2.18. The summed E-state index contributed by atoms with van der Waals surface area (Å²) in [5.41, 5.74) is 0.278. The number of amides is 1. The highest BCUT2D eigenvalue weighted by molar-refractivity contribution is 6.29. The summed E-state index contributed by atoms with van der Waals surface area (Å²) in [6.45, 7) is 7.38. The molecule has 1 amide bonds. The summed E-state index contributed by atoms with van der Waals surface area (Å²) in [5, 5.41) is 11.5. The molecule has 1 unspecified atom stereocenters. The van der Waals surface area contributed by atoms with Gasteiger partial charge in [0.2, 0.25) is 0 Å². The van der Waals surface area contributed by atoms with Gasteiger partial charge in [0.1, 0.15) is 5.60 Å². The van der Waals surface area contributed by atoms with Gasteiger partial charge in [0.15, 0.2) is 5.15 Å². The number of aromatic nitrogens is 2. The van der Waals surface area contributed by atoms with Crippen LogP contribution in [0.1, 0.15) is 32.5 Å². The maximum Gasteiger partial charge on any atom is 0.410 e. The predicted molar refractivity (Wildman–Crippen MR) is 75.6 cm³/mol. The molecular weight excluding hydrogens is 280 g/mol. The molecule has 1 aromatic rings. The molecule has 1 atom stereocenters. The van der Waals surface area contributed by atoms with Gasteiger partial charge >= 0.3 is 6.09 Å². The third-order valence-electron chi connectivity index (χ3n) is 2.84. The highest BCUT2D eigenvalue weighted by atomic mass is 35.5. The Kier molecular flexibility index (Phi) is 4.45. The highest BCUT2D eigenvalue weighted by Gasteiger charge is 2.28. The van der Waals surface area contributed by atoms with Crippen LogP contribution in [0.2, 0.25) is 5.15 Å². The lowest BCUT2D eigenvalue weighted by molar-refractivity contribution is 0.0193. The molecule has 7 heteroatoms. The molecular formula is C13H19ClN4O2. The van der Waals surface area contributed by atoms with Gasteiger partial charge in [-0.2, -0.15) is 5.10 Å². The van der Waals surface area contributed by atoms with Crippen LogP contribution in [0.4, 0.5) is 4.79 Å².